The molecule has 1 aliphatic rings. The van der Waals surface area contributed by atoms with E-state index in [1.807, 2.05) is 54.6 Å². The van der Waals surface area contributed by atoms with Crippen LogP contribution in [0.4, 0.5) is 5.69 Å². The van der Waals surface area contributed by atoms with Gasteiger partial charge in [-0.2, -0.15) is 0 Å². The summed E-state index contributed by atoms with van der Waals surface area (Å²) < 4.78 is 12.4. The molecule has 0 saturated carbocycles. The molecule has 1 fully saturated rings. The third kappa shape index (κ3) is 5.90. The maximum atomic E-state index is 12.5. The number of aliphatic imine (C=N–C) groups is 1. The molecule has 0 radical (unpaired) electrons. The minimum Gasteiger partial charge on any atom is -0.493 e. The molecule has 1 aliphatic heterocycles. The number of ether oxygens (including phenoxy) is 2. The second-order valence-electron chi connectivity index (χ2n) is 7.81. The Balaban J connectivity index is 1.51. The monoisotopic (exact) mass is 536 g/mol. The van der Waals surface area contributed by atoms with Crippen molar-refractivity contribution in [3.63, 3.8) is 0 Å². The van der Waals surface area contributed by atoms with Gasteiger partial charge in [-0.05, 0) is 88.1 Å². The Labute approximate surface area is 212 Å². The summed E-state index contributed by atoms with van der Waals surface area (Å²) in [5.41, 5.74) is 5.15. The van der Waals surface area contributed by atoms with Crippen molar-refractivity contribution < 1.29 is 14.3 Å². The summed E-state index contributed by atoms with van der Waals surface area (Å²) in [4.78, 5) is 17.6. The summed E-state index contributed by atoms with van der Waals surface area (Å²) in [7, 11) is 1.60. The van der Waals surface area contributed by atoms with E-state index in [0.29, 0.717) is 28.2 Å². The molecule has 0 aromatic heterocycles. The van der Waals surface area contributed by atoms with Crippen molar-refractivity contribution in [2.45, 2.75) is 26.9 Å². The van der Waals surface area contributed by atoms with Gasteiger partial charge in [0.1, 0.15) is 6.61 Å². The quantitative estimate of drug-likeness (QED) is 0.337. The third-order valence-corrected chi connectivity index (χ3v) is 6.78. The van der Waals surface area contributed by atoms with Gasteiger partial charge in [0.05, 0.1) is 22.2 Å². The zero-order valence-electron chi connectivity index (χ0n) is 19.2. The maximum absolute atomic E-state index is 12.5. The lowest BCUT2D eigenvalue weighted by Crippen LogP contribution is -2.19. The van der Waals surface area contributed by atoms with E-state index in [9.17, 15) is 4.79 Å². The molecule has 34 heavy (non-hydrogen) atoms. The smallest absolute Gasteiger partial charge is 0.264 e. The normalized spacial score (nSPS) is 15.6. The van der Waals surface area contributed by atoms with Crippen molar-refractivity contribution in [3.8, 4) is 11.5 Å². The van der Waals surface area contributed by atoms with Crippen LogP contribution in [0.1, 0.15) is 29.2 Å². The summed E-state index contributed by atoms with van der Waals surface area (Å²) >= 11 is 4.90. The molecule has 1 amide bonds. The van der Waals surface area contributed by atoms with Crippen LogP contribution in [0.5, 0.6) is 11.5 Å². The lowest BCUT2D eigenvalue weighted by Gasteiger charge is -2.14. The van der Waals surface area contributed by atoms with Crippen molar-refractivity contribution in [2.24, 2.45) is 4.99 Å². The highest BCUT2D eigenvalue weighted by molar-refractivity contribution is 9.10. The molecule has 0 unspecified atom stereocenters. The van der Waals surface area contributed by atoms with Crippen LogP contribution in [-0.4, -0.2) is 18.2 Å². The van der Waals surface area contributed by atoms with Crippen molar-refractivity contribution in [3.05, 3.63) is 92.3 Å². The van der Waals surface area contributed by atoms with Crippen molar-refractivity contribution in [1.82, 2.24) is 5.32 Å². The molecule has 0 atom stereocenters. The summed E-state index contributed by atoms with van der Waals surface area (Å²) in [5, 5.41) is 3.40. The predicted octanol–water partition coefficient (Wildman–Crippen LogP) is 6.80. The first-order valence-electron chi connectivity index (χ1n) is 10.9. The topological polar surface area (TPSA) is 59.9 Å². The number of rotatable bonds is 7. The largest absolute Gasteiger partial charge is 0.493 e. The van der Waals surface area contributed by atoms with E-state index in [1.165, 1.54) is 22.9 Å². The van der Waals surface area contributed by atoms with E-state index >= 15 is 0 Å². The fraction of sp³-hybridized carbons (Fsp3) is 0.185. The van der Waals surface area contributed by atoms with Crippen LogP contribution in [0.25, 0.3) is 6.08 Å². The van der Waals surface area contributed by atoms with Crippen LogP contribution in [0.15, 0.2) is 75.0 Å². The predicted molar refractivity (Wildman–Crippen MR) is 143 cm³/mol. The van der Waals surface area contributed by atoms with Crippen molar-refractivity contribution in [1.29, 1.82) is 0 Å². The zero-order valence-corrected chi connectivity index (χ0v) is 21.6. The Kier molecular flexibility index (Phi) is 7.75. The number of amides is 1. The van der Waals surface area contributed by atoms with Crippen molar-refractivity contribution >= 4 is 50.5 Å². The summed E-state index contributed by atoms with van der Waals surface area (Å²) in [5.74, 6) is 1.02. The van der Waals surface area contributed by atoms with Crippen LogP contribution in [0, 0.1) is 6.92 Å². The van der Waals surface area contributed by atoms with Gasteiger partial charge in [0.2, 0.25) is 0 Å². The molecule has 1 N–H and O–H groups in total. The number of halogens is 1. The first-order chi connectivity index (χ1) is 16.4. The van der Waals surface area contributed by atoms with Crippen LogP contribution in [0.2, 0.25) is 0 Å². The van der Waals surface area contributed by atoms with E-state index < -0.39 is 0 Å². The molecular weight excluding hydrogens is 512 g/mol. The average Bonchev–Trinajstić information content (AvgIpc) is 3.17. The molecular formula is C27H25BrN2O3S. The molecule has 3 aromatic carbocycles. The third-order valence-electron chi connectivity index (χ3n) is 5.28. The number of benzene rings is 3. The standard InChI is InChI=1S/C27H25BrN2O3S/c1-4-18-9-11-21(12-10-18)29-27-30-26(31)24(34-27)15-20-13-22(28)25(23(14-20)32-3)33-16-19-7-5-17(2)6-8-19/h5-15H,4,16H2,1-3H3,(H,29,30,31)/b24-15-. The lowest BCUT2D eigenvalue weighted by molar-refractivity contribution is -0.115. The Morgan fingerprint density at radius 2 is 1.76 bits per heavy atom. The second-order valence-corrected chi connectivity index (χ2v) is 9.70. The maximum Gasteiger partial charge on any atom is 0.264 e. The molecule has 0 spiro atoms. The highest BCUT2D eigenvalue weighted by atomic mass is 79.9. The first-order valence-corrected chi connectivity index (χ1v) is 12.5. The number of thioether (sulfide) groups is 1. The average molecular weight is 537 g/mol. The van der Waals surface area contributed by atoms with E-state index in [2.05, 4.69) is 52.2 Å². The number of nitrogens with zero attached hydrogens (tertiary/aromatic N) is 1. The zero-order chi connectivity index (χ0) is 24.1. The molecule has 1 saturated heterocycles. The number of methoxy groups -OCH3 is 1. The number of hydrogen-bond acceptors (Lipinski definition) is 5. The van der Waals surface area contributed by atoms with Gasteiger partial charge in [-0.15, -0.1) is 0 Å². The van der Waals surface area contributed by atoms with Crippen LogP contribution < -0.4 is 14.8 Å². The Morgan fingerprint density at radius 1 is 1.06 bits per heavy atom. The Morgan fingerprint density at radius 3 is 2.44 bits per heavy atom. The van der Waals surface area contributed by atoms with Crippen molar-refractivity contribution in [2.75, 3.05) is 7.11 Å². The molecule has 7 heteroatoms. The van der Waals surface area contributed by atoms with Gasteiger partial charge in [0, 0.05) is 0 Å². The number of hydrogen-bond donors (Lipinski definition) is 1. The minimum absolute atomic E-state index is 0.177. The highest BCUT2D eigenvalue weighted by Gasteiger charge is 2.24. The summed E-state index contributed by atoms with van der Waals surface area (Å²) in [6.07, 6.45) is 2.80. The SMILES string of the molecule is CCc1ccc(N=C2NC(=O)/C(=C/c3cc(Br)c(OCc4ccc(C)cc4)c(OC)c3)S2)cc1. The molecule has 4 rings (SSSR count). The molecule has 5 nitrogen and oxygen atoms in total. The Hall–Kier alpha value is -3.03. The van der Waals surface area contributed by atoms with E-state index in [0.717, 1.165) is 27.7 Å². The number of nitrogens with one attached hydrogen (secondary N) is 1. The van der Waals surface area contributed by atoms with Gasteiger partial charge in [-0.1, -0.05) is 48.9 Å². The molecule has 1 heterocycles. The minimum atomic E-state index is -0.177. The van der Waals surface area contributed by atoms with Gasteiger partial charge in [0.15, 0.2) is 16.7 Å². The lowest BCUT2D eigenvalue weighted by atomic mass is 10.1. The van der Waals surface area contributed by atoms with Gasteiger partial charge in [-0.25, -0.2) is 4.99 Å². The van der Waals surface area contributed by atoms with E-state index in [1.54, 1.807) is 7.11 Å². The van der Waals surface area contributed by atoms with Gasteiger partial charge < -0.3 is 14.8 Å². The van der Waals surface area contributed by atoms with Crippen LogP contribution >= 0.6 is 27.7 Å². The molecule has 0 aliphatic carbocycles. The second kappa shape index (κ2) is 10.9. The van der Waals surface area contributed by atoms with E-state index in [-0.39, 0.29) is 5.91 Å². The number of carbonyl (C=O) groups is 1. The fourth-order valence-electron chi connectivity index (χ4n) is 3.36. The van der Waals surface area contributed by atoms with E-state index in [4.69, 9.17) is 9.47 Å². The summed E-state index contributed by atoms with van der Waals surface area (Å²) in [6.45, 7) is 4.59. The fourth-order valence-corrected chi connectivity index (χ4v) is 4.77. The van der Waals surface area contributed by atoms with Gasteiger partial charge in [0.25, 0.3) is 5.91 Å². The van der Waals surface area contributed by atoms with Gasteiger partial charge in [-0.3, -0.25) is 4.79 Å². The van der Waals surface area contributed by atoms with Gasteiger partial charge >= 0.3 is 0 Å². The molecule has 174 valence electrons. The van der Waals surface area contributed by atoms with Crippen LogP contribution in [-0.2, 0) is 17.8 Å². The summed E-state index contributed by atoms with van der Waals surface area (Å²) in [6, 6.07) is 20.0. The molecule has 3 aromatic rings. The number of amidine groups is 1. The van der Waals surface area contributed by atoms with Crippen LogP contribution in [0.3, 0.4) is 0 Å². The number of aryl methyl sites for hydroxylation is 2. The molecule has 0 bridgehead atoms. The number of carbonyl (C=O) groups excluding carboxylic acids is 1. The Bertz CT molecular complexity index is 1250. The highest BCUT2D eigenvalue weighted by Crippen LogP contribution is 2.39. The first kappa shape index (κ1) is 24.1.